The number of pyridine rings is 1. The number of hydrogen-bond acceptors (Lipinski definition) is 4. The summed E-state index contributed by atoms with van der Waals surface area (Å²) < 4.78 is 0. The monoisotopic (exact) mass is 343 g/mol. The quantitative estimate of drug-likeness (QED) is 0.694. The number of nitrogens with one attached hydrogen (secondary N) is 2. The van der Waals surface area contributed by atoms with Gasteiger partial charge in [0.1, 0.15) is 0 Å². The zero-order valence-electron chi connectivity index (χ0n) is 15.1. The van der Waals surface area contributed by atoms with E-state index in [-0.39, 0.29) is 16.7 Å². The third kappa shape index (κ3) is 3.03. The third-order valence-electron chi connectivity index (χ3n) is 6.79. The van der Waals surface area contributed by atoms with Gasteiger partial charge in [-0.1, -0.05) is 13.3 Å². The molecule has 3 N–H and O–H groups in total. The van der Waals surface area contributed by atoms with Crippen LogP contribution in [0.1, 0.15) is 51.9 Å². The molecule has 1 amide bonds. The van der Waals surface area contributed by atoms with Crippen LogP contribution in [0.5, 0.6) is 0 Å². The van der Waals surface area contributed by atoms with E-state index in [0.29, 0.717) is 25.4 Å². The molecule has 4 fully saturated rings. The smallest absolute Gasteiger partial charge is 0.226 e. The average molecular weight is 343 g/mol. The molecule has 0 spiro atoms. The number of rotatable bonds is 6. The number of aliphatic hydroxyl groups is 1. The maximum atomic E-state index is 13.0. The molecule has 0 saturated heterocycles. The van der Waals surface area contributed by atoms with E-state index >= 15 is 0 Å². The van der Waals surface area contributed by atoms with Crippen molar-refractivity contribution in [1.82, 2.24) is 10.3 Å². The van der Waals surface area contributed by atoms with Crippen LogP contribution in [0.3, 0.4) is 0 Å². The highest BCUT2D eigenvalue weighted by Crippen LogP contribution is 2.67. The number of nitrogens with zero attached hydrogens (tertiary/aromatic N) is 1. The summed E-state index contributed by atoms with van der Waals surface area (Å²) in [6.45, 7) is 3.50. The Balaban J connectivity index is 1.38. The van der Waals surface area contributed by atoms with Crippen LogP contribution in [0.25, 0.3) is 0 Å². The molecule has 4 bridgehead atoms. The molecule has 4 saturated carbocycles. The van der Waals surface area contributed by atoms with Gasteiger partial charge in [0.25, 0.3) is 0 Å². The minimum absolute atomic E-state index is 0.154. The van der Waals surface area contributed by atoms with Crippen molar-refractivity contribution in [3.8, 4) is 0 Å². The molecule has 0 unspecified atom stereocenters. The standard InChI is InChI=1S/C20H29N3O2/c1-2-18-8-15-9-19(12-18,14-20(25,10-15)13-18)17(24)23-7-6-22-16-4-3-5-21-11-16/h3-5,11,15,22,25H,2,6-10,12-14H2,1H3,(H,23,24)/t15-,18+,19-,20-/m1/s1. The van der Waals surface area contributed by atoms with Gasteiger partial charge in [-0.05, 0) is 62.0 Å². The summed E-state index contributed by atoms with van der Waals surface area (Å²) in [6, 6.07) is 3.86. The number of aromatic nitrogens is 1. The summed E-state index contributed by atoms with van der Waals surface area (Å²) in [5.41, 5.74) is 0.185. The first kappa shape index (κ1) is 16.8. The van der Waals surface area contributed by atoms with Crippen molar-refractivity contribution in [2.45, 2.75) is 57.5 Å². The van der Waals surface area contributed by atoms with Crippen molar-refractivity contribution in [3.05, 3.63) is 24.5 Å². The maximum absolute atomic E-state index is 13.0. The SMILES string of the molecule is CC[C@@]12C[C@H]3C[C@@](O)(C1)C[C@@](C(=O)NCCNc1cccnc1)(C3)C2. The Morgan fingerprint density at radius 2 is 2.16 bits per heavy atom. The zero-order valence-corrected chi connectivity index (χ0v) is 15.1. The summed E-state index contributed by atoms with van der Waals surface area (Å²) in [6.07, 6.45) is 10.1. The summed E-state index contributed by atoms with van der Waals surface area (Å²) in [7, 11) is 0. The van der Waals surface area contributed by atoms with Crippen molar-refractivity contribution in [2.24, 2.45) is 16.7 Å². The van der Waals surface area contributed by atoms with E-state index in [4.69, 9.17) is 0 Å². The minimum Gasteiger partial charge on any atom is -0.390 e. The van der Waals surface area contributed by atoms with E-state index in [9.17, 15) is 9.90 Å². The Bertz CT molecular complexity index is 652. The highest BCUT2D eigenvalue weighted by atomic mass is 16.3. The van der Waals surface area contributed by atoms with E-state index in [0.717, 1.165) is 37.8 Å². The second-order valence-electron chi connectivity index (χ2n) is 8.79. The molecule has 136 valence electrons. The van der Waals surface area contributed by atoms with Crippen molar-refractivity contribution in [1.29, 1.82) is 0 Å². The Labute approximate surface area is 149 Å². The molecule has 4 aliphatic carbocycles. The lowest BCUT2D eigenvalue weighted by atomic mass is 9.42. The van der Waals surface area contributed by atoms with Gasteiger partial charge in [-0.15, -0.1) is 0 Å². The summed E-state index contributed by atoms with van der Waals surface area (Å²) in [4.78, 5) is 17.1. The lowest BCUT2D eigenvalue weighted by Gasteiger charge is -2.64. The van der Waals surface area contributed by atoms with E-state index in [2.05, 4.69) is 22.5 Å². The first-order valence-electron chi connectivity index (χ1n) is 9.61. The van der Waals surface area contributed by atoms with Crippen LogP contribution < -0.4 is 10.6 Å². The van der Waals surface area contributed by atoms with Crippen LogP contribution in [0.2, 0.25) is 0 Å². The van der Waals surface area contributed by atoms with Gasteiger partial charge in [-0.2, -0.15) is 0 Å². The van der Waals surface area contributed by atoms with Crippen LogP contribution in [0.4, 0.5) is 5.69 Å². The Morgan fingerprint density at radius 3 is 2.88 bits per heavy atom. The molecule has 4 aliphatic rings. The third-order valence-corrected chi connectivity index (χ3v) is 6.79. The summed E-state index contributed by atoms with van der Waals surface area (Å²) in [5.74, 6) is 0.668. The zero-order chi connectivity index (χ0) is 17.5. The molecule has 0 radical (unpaired) electrons. The molecular weight excluding hydrogens is 314 g/mol. The molecule has 1 aromatic rings. The number of hydrogen-bond donors (Lipinski definition) is 3. The molecule has 0 aromatic carbocycles. The molecule has 5 nitrogen and oxygen atoms in total. The van der Waals surface area contributed by atoms with Crippen molar-refractivity contribution in [2.75, 3.05) is 18.4 Å². The normalized spacial score (nSPS) is 38.6. The lowest BCUT2D eigenvalue weighted by molar-refractivity contribution is -0.204. The van der Waals surface area contributed by atoms with Crippen molar-refractivity contribution >= 4 is 11.6 Å². The van der Waals surface area contributed by atoms with Crippen LogP contribution in [-0.4, -0.2) is 34.7 Å². The molecular formula is C20H29N3O2. The number of amides is 1. The largest absolute Gasteiger partial charge is 0.390 e. The fourth-order valence-electron chi connectivity index (χ4n) is 6.27. The topological polar surface area (TPSA) is 74.2 Å². The Kier molecular flexibility index (Phi) is 4.02. The first-order valence-corrected chi connectivity index (χ1v) is 9.61. The van der Waals surface area contributed by atoms with Gasteiger partial charge in [0, 0.05) is 25.5 Å². The Morgan fingerprint density at radius 1 is 1.28 bits per heavy atom. The molecule has 4 atom stereocenters. The van der Waals surface area contributed by atoms with Crippen LogP contribution >= 0.6 is 0 Å². The molecule has 1 aromatic heterocycles. The Hall–Kier alpha value is -1.62. The number of anilines is 1. The van der Waals surface area contributed by atoms with Gasteiger partial charge in [0.2, 0.25) is 5.91 Å². The van der Waals surface area contributed by atoms with E-state index < -0.39 is 5.60 Å². The van der Waals surface area contributed by atoms with Crippen molar-refractivity contribution < 1.29 is 9.90 Å². The highest BCUT2D eigenvalue weighted by Gasteiger charge is 2.64. The van der Waals surface area contributed by atoms with E-state index in [1.165, 1.54) is 6.42 Å². The second-order valence-corrected chi connectivity index (χ2v) is 8.79. The molecule has 25 heavy (non-hydrogen) atoms. The fraction of sp³-hybridized carbons (Fsp3) is 0.700. The summed E-state index contributed by atoms with van der Waals surface area (Å²) >= 11 is 0. The van der Waals surface area contributed by atoms with Gasteiger partial charge >= 0.3 is 0 Å². The van der Waals surface area contributed by atoms with Gasteiger partial charge < -0.3 is 15.7 Å². The van der Waals surface area contributed by atoms with E-state index in [1.54, 1.807) is 12.4 Å². The van der Waals surface area contributed by atoms with Gasteiger partial charge in [-0.3, -0.25) is 9.78 Å². The average Bonchev–Trinajstić information content (AvgIpc) is 2.57. The van der Waals surface area contributed by atoms with Crippen LogP contribution in [0.15, 0.2) is 24.5 Å². The van der Waals surface area contributed by atoms with E-state index in [1.807, 2.05) is 12.1 Å². The molecule has 1 heterocycles. The van der Waals surface area contributed by atoms with Gasteiger partial charge in [0.05, 0.1) is 16.7 Å². The van der Waals surface area contributed by atoms with Crippen LogP contribution in [0, 0.1) is 16.7 Å². The summed E-state index contributed by atoms with van der Waals surface area (Å²) in [5, 5.41) is 17.4. The number of carbonyl (C=O) groups excluding carboxylic acids is 1. The highest BCUT2D eigenvalue weighted by molar-refractivity contribution is 5.83. The van der Waals surface area contributed by atoms with Crippen LogP contribution in [-0.2, 0) is 4.79 Å². The first-order chi connectivity index (χ1) is 12.0. The number of carbonyl (C=O) groups is 1. The van der Waals surface area contributed by atoms with Crippen molar-refractivity contribution in [3.63, 3.8) is 0 Å². The van der Waals surface area contributed by atoms with Gasteiger partial charge in [-0.25, -0.2) is 0 Å². The lowest BCUT2D eigenvalue weighted by Crippen LogP contribution is -2.63. The minimum atomic E-state index is -0.610. The molecule has 5 heteroatoms. The second kappa shape index (κ2) is 5.97. The fourth-order valence-corrected chi connectivity index (χ4v) is 6.27. The molecule has 0 aliphatic heterocycles. The maximum Gasteiger partial charge on any atom is 0.226 e. The predicted molar refractivity (Wildman–Crippen MR) is 97.0 cm³/mol. The molecule has 5 rings (SSSR count). The van der Waals surface area contributed by atoms with Gasteiger partial charge in [0.15, 0.2) is 0 Å². The predicted octanol–water partition coefficient (Wildman–Crippen LogP) is 2.72.